The second kappa shape index (κ2) is 8.91. The molecule has 0 bridgehead atoms. The number of nitrogens with zero attached hydrogens (tertiary/aromatic N) is 1. The van der Waals surface area contributed by atoms with E-state index < -0.39 is 0 Å². The van der Waals surface area contributed by atoms with E-state index in [1.807, 2.05) is 12.3 Å². The number of nitrogens with one attached hydrogen (secondary N) is 2. The highest BCUT2D eigenvalue weighted by Crippen LogP contribution is 2.17. The van der Waals surface area contributed by atoms with E-state index in [9.17, 15) is 9.59 Å². The molecule has 7 heteroatoms. The molecule has 1 atom stereocenters. The van der Waals surface area contributed by atoms with Crippen molar-refractivity contribution in [3.05, 3.63) is 45.9 Å². The third-order valence-corrected chi connectivity index (χ3v) is 5.25. The number of aryl methyl sites for hydroxylation is 1. The molecule has 0 radical (unpaired) electrons. The molecule has 2 amide bonds. The summed E-state index contributed by atoms with van der Waals surface area (Å²) in [4.78, 5) is 29.2. The molecule has 2 N–H and O–H groups in total. The zero-order valence-electron chi connectivity index (χ0n) is 14.8. The average Bonchev–Trinajstić information content (AvgIpc) is 3.31. The molecule has 1 aromatic heterocycles. The van der Waals surface area contributed by atoms with Gasteiger partial charge >= 0.3 is 0 Å². The van der Waals surface area contributed by atoms with Crippen LogP contribution in [-0.2, 0) is 22.4 Å². The Labute approximate surface area is 157 Å². The van der Waals surface area contributed by atoms with Crippen LogP contribution in [0, 0.1) is 0 Å². The number of aromatic nitrogens is 1. The van der Waals surface area contributed by atoms with E-state index in [0.717, 1.165) is 36.6 Å². The van der Waals surface area contributed by atoms with Crippen LogP contribution < -0.4 is 10.6 Å². The molecule has 1 aromatic carbocycles. The summed E-state index contributed by atoms with van der Waals surface area (Å²) in [5.41, 5.74) is 1.71. The molecular formula is C19H23N3O3S. The van der Waals surface area contributed by atoms with Gasteiger partial charge in [-0.05, 0) is 31.4 Å². The van der Waals surface area contributed by atoms with Crippen molar-refractivity contribution in [2.24, 2.45) is 0 Å². The second-order valence-electron chi connectivity index (χ2n) is 6.20. The van der Waals surface area contributed by atoms with Gasteiger partial charge in [0, 0.05) is 18.5 Å². The lowest BCUT2D eigenvalue weighted by atomic mass is 10.1. The topological polar surface area (TPSA) is 80.3 Å². The van der Waals surface area contributed by atoms with E-state index in [1.54, 1.807) is 35.6 Å². The molecule has 3 rings (SSSR count). The zero-order chi connectivity index (χ0) is 18.4. The quantitative estimate of drug-likeness (QED) is 0.782. The van der Waals surface area contributed by atoms with Crippen LogP contribution in [0.2, 0.25) is 0 Å². The van der Waals surface area contributed by atoms with E-state index in [0.29, 0.717) is 17.8 Å². The van der Waals surface area contributed by atoms with Gasteiger partial charge in [-0.1, -0.05) is 19.1 Å². The Morgan fingerprint density at radius 1 is 1.35 bits per heavy atom. The molecule has 1 aliphatic heterocycles. The van der Waals surface area contributed by atoms with Gasteiger partial charge in [-0.15, -0.1) is 11.3 Å². The number of para-hydroxylation sites is 1. The molecule has 1 saturated heterocycles. The van der Waals surface area contributed by atoms with E-state index in [2.05, 4.69) is 15.6 Å². The van der Waals surface area contributed by atoms with E-state index in [1.165, 1.54) is 0 Å². The summed E-state index contributed by atoms with van der Waals surface area (Å²) in [6, 6.07) is 7.02. The van der Waals surface area contributed by atoms with Crippen molar-refractivity contribution in [1.29, 1.82) is 0 Å². The monoisotopic (exact) mass is 373 g/mol. The van der Waals surface area contributed by atoms with Crippen molar-refractivity contribution in [3.63, 3.8) is 0 Å². The Kier molecular flexibility index (Phi) is 6.35. The number of hydrogen-bond acceptors (Lipinski definition) is 5. The van der Waals surface area contributed by atoms with Crippen LogP contribution in [0.5, 0.6) is 0 Å². The van der Waals surface area contributed by atoms with Crippen molar-refractivity contribution in [3.8, 4) is 0 Å². The Morgan fingerprint density at radius 2 is 2.19 bits per heavy atom. The normalized spacial score (nSPS) is 16.4. The minimum absolute atomic E-state index is 0.0816. The largest absolute Gasteiger partial charge is 0.376 e. The van der Waals surface area contributed by atoms with Crippen LogP contribution in [0.25, 0.3) is 0 Å². The van der Waals surface area contributed by atoms with Gasteiger partial charge in [0.25, 0.3) is 5.91 Å². The van der Waals surface area contributed by atoms with Crippen molar-refractivity contribution in [2.45, 2.75) is 38.7 Å². The van der Waals surface area contributed by atoms with Crippen molar-refractivity contribution in [1.82, 2.24) is 10.3 Å². The van der Waals surface area contributed by atoms with E-state index >= 15 is 0 Å². The Morgan fingerprint density at radius 3 is 2.92 bits per heavy atom. The second-order valence-corrected chi connectivity index (χ2v) is 7.14. The number of amides is 2. The van der Waals surface area contributed by atoms with Gasteiger partial charge in [-0.25, -0.2) is 4.98 Å². The van der Waals surface area contributed by atoms with Crippen LogP contribution in [-0.4, -0.2) is 36.1 Å². The first-order valence-electron chi connectivity index (χ1n) is 8.87. The number of ether oxygens (including phenoxy) is 1. The van der Waals surface area contributed by atoms with Crippen LogP contribution in [0.4, 0.5) is 5.69 Å². The molecule has 6 nitrogen and oxygen atoms in total. The number of carbonyl (C=O) groups excluding carboxylic acids is 2. The summed E-state index contributed by atoms with van der Waals surface area (Å²) in [6.45, 7) is 3.28. The Hall–Kier alpha value is -2.25. The molecule has 1 fully saturated rings. The van der Waals surface area contributed by atoms with Crippen molar-refractivity contribution >= 4 is 28.8 Å². The molecule has 0 spiro atoms. The maximum Gasteiger partial charge on any atom is 0.253 e. The van der Waals surface area contributed by atoms with Gasteiger partial charge in [0.2, 0.25) is 5.91 Å². The lowest BCUT2D eigenvalue weighted by Crippen LogP contribution is -2.32. The first-order valence-corrected chi connectivity index (χ1v) is 9.75. The number of carbonyl (C=O) groups is 2. The van der Waals surface area contributed by atoms with Gasteiger partial charge < -0.3 is 15.4 Å². The standard InChI is InChI=1S/C19H23N3O3S/c1-2-18-21-13(12-26-18)10-17(23)22-16-8-4-3-7-15(16)19(24)20-11-14-6-5-9-25-14/h3-4,7-8,12,14H,2,5-6,9-11H2,1H3,(H,20,24)(H,22,23). The molecule has 26 heavy (non-hydrogen) atoms. The predicted molar refractivity (Wildman–Crippen MR) is 102 cm³/mol. The minimum atomic E-state index is -0.210. The van der Waals surface area contributed by atoms with Crippen molar-refractivity contribution < 1.29 is 14.3 Å². The van der Waals surface area contributed by atoms with Gasteiger partial charge in [0.15, 0.2) is 0 Å². The SMILES string of the molecule is CCc1nc(CC(=O)Nc2ccccc2C(=O)NCC2CCCO2)cs1. The third kappa shape index (κ3) is 4.89. The van der Waals surface area contributed by atoms with Crippen molar-refractivity contribution in [2.75, 3.05) is 18.5 Å². The molecule has 1 aliphatic rings. The van der Waals surface area contributed by atoms with Gasteiger partial charge in [0.1, 0.15) is 0 Å². The molecule has 2 aromatic rings. The third-order valence-electron chi connectivity index (χ3n) is 4.20. The summed E-state index contributed by atoms with van der Waals surface area (Å²) in [6.07, 6.45) is 3.14. The summed E-state index contributed by atoms with van der Waals surface area (Å²) in [5.74, 6) is -0.393. The van der Waals surface area contributed by atoms with Gasteiger partial charge in [0.05, 0.1) is 34.5 Å². The number of rotatable bonds is 7. The molecule has 0 aliphatic carbocycles. The molecule has 0 saturated carbocycles. The Bertz CT molecular complexity index is 769. The summed E-state index contributed by atoms with van der Waals surface area (Å²) < 4.78 is 5.52. The lowest BCUT2D eigenvalue weighted by molar-refractivity contribution is -0.115. The average molecular weight is 373 g/mol. The number of anilines is 1. The summed E-state index contributed by atoms with van der Waals surface area (Å²) >= 11 is 1.56. The highest BCUT2D eigenvalue weighted by atomic mass is 32.1. The fourth-order valence-corrected chi connectivity index (χ4v) is 3.59. The number of thiazole rings is 1. The maximum atomic E-state index is 12.5. The van der Waals surface area contributed by atoms with Crippen LogP contribution in [0.15, 0.2) is 29.6 Å². The molecule has 138 valence electrons. The minimum Gasteiger partial charge on any atom is -0.376 e. The van der Waals surface area contributed by atoms with Crippen LogP contribution in [0.1, 0.15) is 40.8 Å². The summed E-state index contributed by atoms with van der Waals surface area (Å²) in [5, 5.41) is 8.63. The first kappa shape index (κ1) is 18.5. The smallest absolute Gasteiger partial charge is 0.253 e. The van der Waals surface area contributed by atoms with Crippen LogP contribution in [0.3, 0.4) is 0 Å². The molecule has 2 heterocycles. The maximum absolute atomic E-state index is 12.5. The van der Waals surface area contributed by atoms with Gasteiger partial charge in [-0.3, -0.25) is 9.59 Å². The summed E-state index contributed by atoms with van der Waals surface area (Å²) in [7, 11) is 0. The Balaban J connectivity index is 1.60. The zero-order valence-corrected chi connectivity index (χ0v) is 15.6. The number of hydrogen-bond donors (Lipinski definition) is 2. The highest BCUT2D eigenvalue weighted by Gasteiger charge is 2.18. The van der Waals surface area contributed by atoms with E-state index in [-0.39, 0.29) is 24.3 Å². The van der Waals surface area contributed by atoms with Gasteiger partial charge in [-0.2, -0.15) is 0 Å². The predicted octanol–water partition coefficient (Wildman–Crippen LogP) is 2.80. The van der Waals surface area contributed by atoms with Crippen LogP contribution >= 0.6 is 11.3 Å². The fraction of sp³-hybridized carbons (Fsp3) is 0.421. The molecule has 1 unspecified atom stereocenters. The fourth-order valence-electron chi connectivity index (χ4n) is 2.85. The lowest BCUT2D eigenvalue weighted by Gasteiger charge is -2.13. The highest BCUT2D eigenvalue weighted by molar-refractivity contribution is 7.09. The number of benzene rings is 1. The molecular weight excluding hydrogens is 350 g/mol. The first-order chi connectivity index (χ1) is 12.7. The van der Waals surface area contributed by atoms with E-state index in [4.69, 9.17) is 4.74 Å².